The zero-order valence-corrected chi connectivity index (χ0v) is 11.6. The Bertz CT molecular complexity index is 600. The summed E-state index contributed by atoms with van der Waals surface area (Å²) in [4.78, 5) is 16.2. The summed E-state index contributed by atoms with van der Waals surface area (Å²) in [6, 6.07) is 3.98. The lowest BCUT2D eigenvalue weighted by atomic mass is 10.1. The number of thiazole rings is 1. The molecule has 19 heavy (non-hydrogen) atoms. The molecule has 0 saturated heterocycles. The van der Waals surface area contributed by atoms with Gasteiger partial charge in [0.1, 0.15) is 11.5 Å². The molecule has 0 fully saturated rings. The lowest BCUT2D eigenvalue weighted by molar-refractivity contribution is 0.0988. The van der Waals surface area contributed by atoms with Crippen molar-refractivity contribution >= 4 is 28.7 Å². The van der Waals surface area contributed by atoms with Crippen molar-refractivity contribution in [2.75, 3.05) is 6.54 Å². The standard InChI is InChI=1S/C13H12ClFN2OS/c14-10-2-1-9(15)5-8(10)6-12(18)11-7-19-13(17-11)3-4-16/h1-2,5,7H,3-4,6,16H2. The van der Waals surface area contributed by atoms with Gasteiger partial charge < -0.3 is 5.73 Å². The molecule has 0 aliphatic carbocycles. The summed E-state index contributed by atoms with van der Waals surface area (Å²) in [6.45, 7) is 0.497. The Morgan fingerprint density at radius 3 is 3.00 bits per heavy atom. The van der Waals surface area contributed by atoms with Crippen LogP contribution in [0.4, 0.5) is 4.39 Å². The maximum atomic E-state index is 13.1. The van der Waals surface area contributed by atoms with Crippen LogP contribution in [0.2, 0.25) is 5.02 Å². The molecule has 0 amide bonds. The summed E-state index contributed by atoms with van der Waals surface area (Å²) in [5.41, 5.74) is 6.28. The minimum Gasteiger partial charge on any atom is -0.330 e. The highest BCUT2D eigenvalue weighted by Gasteiger charge is 2.13. The first-order valence-electron chi connectivity index (χ1n) is 5.71. The van der Waals surface area contributed by atoms with Crippen LogP contribution in [-0.4, -0.2) is 17.3 Å². The molecule has 100 valence electrons. The Labute approximate surface area is 119 Å². The summed E-state index contributed by atoms with van der Waals surface area (Å²) in [5.74, 6) is -0.582. The predicted octanol–water partition coefficient (Wildman–Crippen LogP) is 2.86. The van der Waals surface area contributed by atoms with E-state index in [2.05, 4.69) is 4.98 Å². The normalized spacial score (nSPS) is 10.7. The predicted molar refractivity (Wildman–Crippen MR) is 74.3 cm³/mol. The Morgan fingerprint density at radius 2 is 2.26 bits per heavy atom. The van der Waals surface area contributed by atoms with E-state index in [9.17, 15) is 9.18 Å². The number of hydrogen-bond acceptors (Lipinski definition) is 4. The van der Waals surface area contributed by atoms with Gasteiger partial charge in [0, 0.05) is 23.2 Å². The summed E-state index contributed by atoms with van der Waals surface area (Å²) < 4.78 is 13.1. The fourth-order valence-electron chi connectivity index (χ4n) is 1.62. The van der Waals surface area contributed by atoms with Gasteiger partial charge in [-0.1, -0.05) is 11.6 Å². The van der Waals surface area contributed by atoms with E-state index in [-0.39, 0.29) is 12.2 Å². The van der Waals surface area contributed by atoms with Gasteiger partial charge in [0.15, 0.2) is 5.78 Å². The molecular weight excluding hydrogens is 287 g/mol. The van der Waals surface area contributed by atoms with Crippen LogP contribution in [0, 0.1) is 5.82 Å². The van der Waals surface area contributed by atoms with Gasteiger partial charge in [-0.05, 0) is 30.3 Å². The fourth-order valence-corrected chi connectivity index (χ4v) is 2.62. The van der Waals surface area contributed by atoms with Gasteiger partial charge in [0.05, 0.1) is 5.01 Å². The number of nitrogens with two attached hydrogens (primary N) is 1. The smallest absolute Gasteiger partial charge is 0.186 e. The number of nitrogens with zero attached hydrogens (tertiary/aromatic N) is 1. The highest BCUT2D eigenvalue weighted by Crippen LogP contribution is 2.20. The molecule has 6 heteroatoms. The monoisotopic (exact) mass is 298 g/mol. The number of benzene rings is 1. The van der Waals surface area contributed by atoms with Gasteiger partial charge >= 0.3 is 0 Å². The Hall–Kier alpha value is -1.30. The lowest BCUT2D eigenvalue weighted by Gasteiger charge is -2.02. The third-order valence-electron chi connectivity index (χ3n) is 2.55. The van der Waals surface area contributed by atoms with Gasteiger partial charge in [0.2, 0.25) is 0 Å². The van der Waals surface area contributed by atoms with Crippen LogP contribution in [0.5, 0.6) is 0 Å². The molecule has 0 atom stereocenters. The minimum absolute atomic E-state index is 0.0440. The van der Waals surface area contributed by atoms with E-state index in [1.54, 1.807) is 5.38 Å². The maximum absolute atomic E-state index is 13.1. The van der Waals surface area contributed by atoms with Crippen molar-refractivity contribution in [3.05, 3.63) is 50.7 Å². The highest BCUT2D eigenvalue weighted by atomic mass is 35.5. The first-order chi connectivity index (χ1) is 9.10. The second-order valence-electron chi connectivity index (χ2n) is 4.00. The van der Waals surface area contributed by atoms with Crippen LogP contribution in [0.1, 0.15) is 21.1 Å². The number of Topliss-reactive ketones (excluding diaryl/α,β-unsaturated/α-hetero) is 1. The average molecular weight is 299 g/mol. The Morgan fingerprint density at radius 1 is 1.47 bits per heavy atom. The third kappa shape index (κ3) is 3.59. The van der Waals surface area contributed by atoms with Crippen molar-refractivity contribution in [1.29, 1.82) is 0 Å². The minimum atomic E-state index is -0.408. The van der Waals surface area contributed by atoms with Crippen molar-refractivity contribution < 1.29 is 9.18 Å². The molecule has 2 N–H and O–H groups in total. The van der Waals surface area contributed by atoms with E-state index in [1.165, 1.54) is 29.5 Å². The molecule has 0 radical (unpaired) electrons. The van der Waals surface area contributed by atoms with Crippen molar-refractivity contribution in [2.45, 2.75) is 12.8 Å². The largest absolute Gasteiger partial charge is 0.330 e. The van der Waals surface area contributed by atoms with Crippen LogP contribution in [-0.2, 0) is 12.8 Å². The van der Waals surface area contributed by atoms with E-state index in [4.69, 9.17) is 17.3 Å². The zero-order valence-electron chi connectivity index (χ0n) is 10.0. The molecule has 3 nitrogen and oxygen atoms in total. The van der Waals surface area contributed by atoms with E-state index < -0.39 is 5.82 Å². The zero-order chi connectivity index (χ0) is 13.8. The second-order valence-corrected chi connectivity index (χ2v) is 5.35. The van der Waals surface area contributed by atoms with Crippen molar-refractivity contribution in [1.82, 2.24) is 4.98 Å². The van der Waals surface area contributed by atoms with Crippen LogP contribution >= 0.6 is 22.9 Å². The fraction of sp³-hybridized carbons (Fsp3) is 0.231. The maximum Gasteiger partial charge on any atom is 0.186 e. The summed E-state index contributed by atoms with van der Waals surface area (Å²) >= 11 is 7.33. The molecule has 2 rings (SSSR count). The molecule has 0 bridgehead atoms. The van der Waals surface area contributed by atoms with Crippen LogP contribution < -0.4 is 5.73 Å². The quantitative estimate of drug-likeness (QED) is 0.864. The summed E-state index contributed by atoms with van der Waals surface area (Å²) in [5, 5.41) is 2.91. The van der Waals surface area contributed by atoms with Crippen molar-refractivity contribution in [3.8, 4) is 0 Å². The molecule has 0 spiro atoms. The topological polar surface area (TPSA) is 56.0 Å². The molecule has 1 aromatic carbocycles. The molecule has 1 aromatic heterocycles. The van der Waals surface area contributed by atoms with Crippen LogP contribution in [0.15, 0.2) is 23.6 Å². The van der Waals surface area contributed by atoms with Gasteiger partial charge in [0.25, 0.3) is 0 Å². The summed E-state index contributed by atoms with van der Waals surface area (Å²) in [6.07, 6.45) is 0.695. The number of rotatable bonds is 5. The van der Waals surface area contributed by atoms with Crippen LogP contribution in [0.3, 0.4) is 0 Å². The molecule has 0 unspecified atom stereocenters. The van der Waals surface area contributed by atoms with Gasteiger partial charge in [-0.25, -0.2) is 9.37 Å². The van der Waals surface area contributed by atoms with E-state index >= 15 is 0 Å². The van der Waals surface area contributed by atoms with Gasteiger partial charge in [-0.3, -0.25) is 4.79 Å². The molecule has 0 aliphatic rings. The number of carbonyl (C=O) groups is 1. The molecule has 1 heterocycles. The molecule has 0 aliphatic heterocycles. The summed E-state index contributed by atoms with van der Waals surface area (Å²) in [7, 11) is 0. The Kier molecular flexibility index (Phi) is 4.63. The van der Waals surface area contributed by atoms with Gasteiger partial charge in [-0.2, -0.15) is 0 Å². The molecular formula is C13H12ClFN2OS. The first kappa shape index (κ1) is 14.1. The number of carbonyl (C=O) groups excluding carboxylic acids is 1. The highest BCUT2D eigenvalue weighted by molar-refractivity contribution is 7.09. The number of hydrogen-bond donors (Lipinski definition) is 1. The van der Waals surface area contributed by atoms with Crippen LogP contribution in [0.25, 0.3) is 0 Å². The number of ketones is 1. The van der Waals surface area contributed by atoms with E-state index in [0.717, 1.165) is 5.01 Å². The molecule has 2 aromatic rings. The number of halogens is 2. The molecule has 0 saturated carbocycles. The van der Waals surface area contributed by atoms with Crippen molar-refractivity contribution in [2.24, 2.45) is 5.73 Å². The van der Waals surface area contributed by atoms with Crippen molar-refractivity contribution in [3.63, 3.8) is 0 Å². The third-order valence-corrected chi connectivity index (χ3v) is 3.83. The van der Waals surface area contributed by atoms with E-state index in [0.29, 0.717) is 29.2 Å². The Balaban J connectivity index is 2.13. The average Bonchev–Trinajstić information content (AvgIpc) is 2.83. The van der Waals surface area contributed by atoms with Gasteiger partial charge in [-0.15, -0.1) is 11.3 Å². The van der Waals surface area contributed by atoms with E-state index in [1.807, 2.05) is 0 Å². The first-order valence-corrected chi connectivity index (χ1v) is 6.97. The SMILES string of the molecule is NCCc1nc(C(=O)Cc2cc(F)ccc2Cl)cs1. The lowest BCUT2D eigenvalue weighted by Crippen LogP contribution is -2.06. The second kappa shape index (κ2) is 6.23. The number of aromatic nitrogens is 1.